The monoisotopic (exact) mass is 261 g/mol. The summed E-state index contributed by atoms with van der Waals surface area (Å²) in [5.41, 5.74) is 1.38. The van der Waals surface area contributed by atoms with Gasteiger partial charge in [-0.15, -0.1) is 0 Å². The molecule has 0 N–H and O–H groups in total. The van der Waals surface area contributed by atoms with Crippen LogP contribution >= 0.6 is 0 Å². The first-order chi connectivity index (χ1) is 9.20. The van der Waals surface area contributed by atoms with Crippen LogP contribution in [0.4, 0.5) is 0 Å². The number of fused-ring (bicyclic) bond motifs is 1. The number of nitrogens with zero attached hydrogens (tertiary/aromatic N) is 3. The van der Waals surface area contributed by atoms with E-state index in [1.165, 1.54) is 12.8 Å². The van der Waals surface area contributed by atoms with Crippen LogP contribution in [0.25, 0.3) is 0 Å². The smallest absolute Gasteiger partial charge is 0.226 e. The molecule has 1 aliphatic heterocycles. The van der Waals surface area contributed by atoms with E-state index in [1.54, 1.807) is 0 Å². The zero-order chi connectivity index (χ0) is 13.4. The van der Waals surface area contributed by atoms with Crippen molar-refractivity contribution in [2.24, 2.45) is 5.92 Å². The molecular formula is C14H19N3O2. The molecule has 5 heteroatoms. The Balaban J connectivity index is 1.81. The van der Waals surface area contributed by atoms with Gasteiger partial charge in [-0.25, -0.2) is 4.98 Å². The van der Waals surface area contributed by atoms with E-state index < -0.39 is 0 Å². The van der Waals surface area contributed by atoms with Gasteiger partial charge in [0.25, 0.3) is 0 Å². The molecule has 0 aromatic carbocycles. The highest BCUT2D eigenvalue weighted by Crippen LogP contribution is 2.28. The van der Waals surface area contributed by atoms with Crippen LogP contribution in [-0.4, -0.2) is 33.2 Å². The molecule has 102 valence electrons. The van der Waals surface area contributed by atoms with Crippen molar-refractivity contribution >= 4 is 12.2 Å². The molecule has 1 aliphatic carbocycles. The molecule has 0 spiro atoms. The Bertz CT molecular complexity index is 515. The molecule has 2 aliphatic rings. The minimum Gasteiger partial charge on any atom is -0.335 e. The Kier molecular flexibility index (Phi) is 3.12. The third kappa shape index (κ3) is 2.07. The molecule has 1 saturated carbocycles. The van der Waals surface area contributed by atoms with Crippen LogP contribution in [-0.2, 0) is 17.9 Å². The van der Waals surface area contributed by atoms with Crippen molar-refractivity contribution in [2.45, 2.75) is 45.7 Å². The quantitative estimate of drug-likeness (QED) is 0.759. The normalized spacial score (nSPS) is 19.5. The lowest BCUT2D eigenvalue weighted by atomic mass is 10.1. The van der Waals surface area contributed by atoms with Crippen LogP contribution in [0.1, 0.15) is 47.7 Å². The Morgan fingerprint density at radius 1 is 1.32 bits per heavy atom. The minimum absolute atomic E-state index is 0.204. The topological polar surface area (TPSA) is 55.2 Å². The number of aromatic nitrogens is 2. The largest absolute Gasteiger partial charge is 0.335 e. The number of hydrogen-bond acceptors (Lipinski definition) is 3. The summed E-state index contributed by atoms with van der Waals surface area (Å²) >= 11 is 0. The first-order valence-corrected chi connectivity index (χ1v) is 7.00. The average Bonchev–Trinajstić information content (AvgIpc) is 3.06. The molecule has 1 aromatic heterocycles. The van der Waals surface area contributed by atoms with E-state index in [9.17, 15) is 9.59 Å². The molecule has 1 aromatic rings. The first kappa shape index (κ1) is 12.4. The van der Waals surface area contributed by atoms with E-state index in [4.69, 9.17) is 0 Å². The van der Waals surface area contributed by atoms with Gasteiger partial charge >= 0.3 is 0 Å². The van der Waals surface area contributed by atoms with Crippen LogP contribution in [0.15, 0.2) is 0 Å². The molecule has 0 unspecified atom stereocenters. The highest BCUT2D eigenvalue weighted by Gasteiger charge is 2.31. The molecule has 1 fully saturated rings. The Labute approximate surface area is 112 Å². The number of rotatable bonds is 2. The zero-order valence-corrected chi connectivity index (χ0v) is 11.3. The van der Waals surface area contributed by atoms with Gasteiger partial charge in [-0.1, -0.05) is 12.8 Å². The van der Waals surface area contributed by atoms with Gasteiger partial charge in [-0.3, -0.25) is 9.59 Å². The van der Waals surface area contributed by atoms with Crippen LogP contribution in [0.2, 0.25) is 0 Å². The lowest BCUT2D eigenvalue weighted by Gasteiger charge is -2.31. The summed E-state index contributed by atoms with van der Waals surface area (Å²) in [6, 6.07) is 0. The molecule has 19 heavy (non-hydrogen) atoms. The van der Waals surface area contributed by atoms with Gasteiger partial charge in [0.05, 0.1) is 12.2 Å². The standard InChI is InChI=1S/C14H19N3O2/c1-10-15-12(9-18)13-8-16(6-7-17(10)13)14(19)11-4-2-3-5-11/h9,11H,2-8H2,1H3. The SMILES string of the molecule is Cc1nc(C=O)c2n1CCN(C(=O)C1CCCC1)C2. The molecule has 0 atom stereocenters. The lowest BCUT2D eigenvalue weighted by molar-refractivity contribution is -0.136. The molecule has 1 amide bonds. The number of imidazole rings is 1. The van der Waals surface area contributed by atoms with E-state index >= 15 is 0 Å². The summed E-state index contributed by atoms with van der Waals surface area (Å²) in [5.74, 6) is 1.33. The maximum Gasteiger partial charge on any atom is 0.226 e. The van der Waals surface area contributed by atoms with Gasteiger partial charge in [-0.2, -0.15) is 0 Å². The summed E-state index contributed by atoms with van der Waals surface area (Å²) in [7, 11) is 0. The fourth-order valence-corrected chi connectivity index (χ4v) is 3.29. The predicted octanol–water partition coefficient (Wildman–Crippen LogP) is 1.54. The summed E-state index contributed by atoms with van der Waals surface area (Å²) < 4.78 is 2.06. The van der Waals surface area contributed by atoms with Crippen molar-refractivity contribution in [1.82, 2.24) is 14.5 Å². The maximum absolute atomic E-state index is 12.4. The fourth-order valence-electron chi connectivity index (χ4n) is 3.29. The maximum atomic E-state index is 12.4. The highest BCUT2D eigenvalue weighted by molar-refractivity contribution is 5.80. The van der Waals surface area contributed by atoms with E-state index in [-0.39, 0.29) is 11.8 Å². The van der Waals surface area contributed by atoms with E-state index in [1.807, 2.05) is 11.8 Å². The number of aldehydes is 1. The summed E-state index contributed by atoms with van der Waals surface area (Å²) in [4.78, 5) is 29.6. The molecular weight excluding hydrogens is 242 g/mol. The number of amides is 1. The average molecular weight is 261 g/mol. The van der Waals surface area contributed by atoms with Crippen LogP contribution in [0.5, 0.6) is 0 Å². The second kappa shape index (κ2) is 4.79. The molecule has 0 radical (unpaired) electrons. The van der Waals surface area contributed by atoms with E-state index in [2.05, 4.69) is 9.55 Å². The fraction of sp³-hybridized carbons (Fsp3) is 0.643. The molecule has 0 saturated heterocycles. The van der Waals surface area contributed by atoms with Crippen molar-refractivity contribution in [1.29, 1.82) is 0 Å². The molecule has 2 heterocycles. The summed E-state index contributed by atoms with van der Waals surface area (Å²) in [6.45, 7) is 3.92. The number of carbonyl (C=O) groups excluding carboxylic acids is 2. The Morgan fingerprint density at radius 3 is 2.74 bits per heavy atom. The third-order valence-electron chi connectivity index (χ3n) is 4.36. The first-order valence-electron chi connectivity index (χ1n) is 7.00. The van der Waals surface area contributed by atoms with Crippen molar-refractivity contribution in [3.8, 4) is 0 Å². The van der Waals surface area contributed by atoms with Gasteiger partial charge in [0.15, 0.2) is 6.29 Å². The van der Waals surface area contributed by atoms with Crippen LogP contribution in [0.3, 0.4) is 0 Å². The van der Waals surface area contributed by atoms with Crippen molar-refractivity contribution < 1.29 is 9.59 Å². The number of hydrogen-bond donors (Lipinski definition) is 0. The zero-order valence-electron chi connectivity index (χ0n) is 11.3. The van der Waals surface area contributed by atoms with Gasteiger partial charge in [0.2, 0.25) is 5.91 Å². The van der Waals surface area contributed by atoms with E-state index in [0.29, 0.717) is 12.2 Å². The number of carbonyl (C=O) groups is 2. The van der Waals surface area contributed by atoms with Crippen LogP contribution in [0, 0.1) is 12.8 Å². The third-order valence-corrected chi connectivity index (χ3v) is 4.36. The van der Waals surface area contributed by atoms with Crippen molar-refractivity contribution in [3.63, 3.8) is 0 Å². The lowest BCUT2D eigenvalue weighted by Crippen LogP contribution is -2.41. The highest BCUT2D eigenvalue weighted by atomic mass is 16.2. The van der Waals surface area contributed by atoms with Gasteiger partial charge in [0, 0.05) is 19.0 Å². The summed E-state index contributed by atoms with van der Waals surface area (Å²) in [5, 5.41) is 0. The van der Waals surface area contributed by atoms with Gasteiger partial charge < -0.3 is 9.47 Å². The van der Waals surface area contributed by atoms with Gasteiger partial charge in [-0.05, 0) is 19.8 Å². The minimum atomic E-state index is 0.204. The summed E-state index contributed by atoms with van der Waals surface area (Å²) in [6.07, 6.45) is 5.17. The second-order valence-electron chi connectivity index (χ2n) is 5.50. The van der Waals surface area contributed by atoms with Gasteiger partial charge in [0.1, 0.15) is 11.5 Å². The van der Waals surface area contributed by atoms with Crippen molar-refractivity contribution in [3.05, 3.63) is 17.2 Å². The predicted molar refractivity (Wildman–Crippen MR) is 69.7 cm³/mol. The molecule has 0 bridgehead atoms. The van der Waals surface area contributed by atoms with Crippen molar-refractivity contribution in [2.75, 3.05) is 6.54 Å². The Morgan fingerprint density at radius 2 is 2.05 bits per heavy atom. The molecule has 3 rings (SSSR count). The Hall–Kier alpha value is -1.65. The number of aryl methyl sites for hydroxylation is 1. The van der Waals surface area contributed by atoms with Crippen LogP contribution < -0.4 is 0 Å². The second-order valence-corrected chi connectivity index (χ2v) is 5.50. The molecule has 5 nitrogen and oxygen atoms in total. The van der Waals surface area contributed by atoms with E-state index in [0.717, 1.165) is 43.7 Å².